The Kier molecular flexibility index (Phi) is 1.87. The molecule has 1 unspecified atom stereocenters. The Balaban J connectivity index is 2.46. The van der Waals surface area contributed by atoms with Crippen molar-refractivity contribution in [3.63, 3.8) is 0 Å². The highest BCUT2D eigenvalue weighted by atomic mass is 14.9. The van der Waals surface area contributed by atoms with Gasteiger partial charge in [0.05, 0.1) is 0 Å². The van der Waals surface area contributed by atoms with Gasteiger partial charge in [-0.1, -0.05) is 23.8 Å². The molecule has 0 saturated carbocycles. The van der Waals surface area contributed by atoms with Gasteiger partial charge < -0.3 is 11.1 Å². The average molecular weight is 162 g/mol. The van der Waals surface area contributed by atoms with Crippen LogP contribution in [-0.2, 0) is 6.54 Å². The predicted octanol–water partition coefficient (Wildman–Crippen LogP) is 1.10. The smallest absolute Gasteiger partial charge is 0.0425 e. The Morgan fingerprint density at radius 3 is 3.17 bits per heavy atom. The van der Waals surface area contributed by atoms with E-state index in [1.807, 2.05) is 0 Å². The lowest BCUT2D eigenvalue weighted by atomic mass is 9.96. The second-order valence-corrected chi connectivity index (χ2v) is 3.44. The molecular weight excluding hydrogens is 148 g/mol. The van der Waals surface area contributed by atoms with Crippen molar-refractivity contribution in [3.05, 3.63) is 34.9 Å². The molecule has 2 nitrogen and oxygen atoms in total. The molecule has 64 valence electrons. The average Bonchev–Trinajstić information content (AvgIpc) is 2.04. The van der Waals surface area contributed by atoms with E-state index < -0.39 is 0 Å². The van der Waals surface area contributed by atoms with Gasteiger partial charge in [0.15, 0.2) is 0 Å². The molecule has 0 aliphatic carbocycles. The number of hydrogen-bond acceptors (Lipinski definition) is 2. The van der Waals surface area contributed by atoms with Gasteiger partial charge in [0, 0.05) is 19.1 Å². The number of benzene rings is 1. The van der Waals surface area contributed by atoms with Gasteiger partial charge in [0.25, 0.3) is 0 Å². The normalized spacial score (nSPS) is 22.0. The van der Waals surface area contributed by atoms with Crippen LogP contribution in [0.1, 0.15) is 22.7 Å². The van der Waals surface area contributed by atoms with Gasteiger partial charge in [-0.05, 0) is 18.1 Å². The summed E-state index contributed by atoms with van der Waals surface area (Å²) in [4.78, 5) is 0. The van der Waals surface area contributed by atoms with Crippen molar-refractivity contribution >= 4 is 0 Å². The monoisotopic (exact) mass is 162 g/mol. The van der Waals surface area contributed by atoms with Crippen LogP contribution in [0.2, 0.25) is 0 Å². The predicted molar refractivity (Wildman–Crippen MR) is 49.8 cm³/mol. The van der Waals surface area contributed by atoms with Crippen LogP contribution in [0.25, 0.3) is 0 Å². The maximum atomic E-state index is 5.93. The van der Waals surface area contributed by atoms with Gasteiger partial charge in [-0.15, -0.1) is 0 Å². The summed E-state index contributed by atoms with van der Waals surface area (Å²) in [6.07, 6.45) is 0. The number of nitrogens with one attached hydrogen (secondary N) is 1. The van der Waals surface area contributed by atoms with Gasteiger partial charge in [-0.2, -0.15) is 0 Å². The molecule has 0 aromatic heterocycles. The van der Waals surface area contributed by atoms with Gasteiger partial charge in [-0.25, -0.2) is 0 Å². The van der Waals surface area contributed by atoms with E-state index in [-0.39, 0.29) is 6.04 Å². The van der Waals surface area contributed by atoms with E-state index in [9.17, 15) is 0 Å². The van der Waals surface area contributed by atoms with Crippen molar-refractivity contribution in [2.75, 3.05) is 6.54 Å². The van der Waals surface area contributed by atoms with E-state index in [4.69, 9.17) is 5.73 Å². The molecule has 0 radical (unpaired) electrons. The summed E-state index contributed by atoms with van der Waals surface area (Å²) < 4.78 is 0. The number of aryl methyl sites for hydroxylation is 1. The number of rotatable bonds is 0. The molecule has 1 aromatic carbocycles. The third-order valence-corrected chi connectivity index (χ3v) is 2.38. The first-order valence-corrected chi connectivity index (χ1v) is 4.33. The Bertz CT molecular complexity index is 294. The fraction of sp³-hybridized carbons (Fsp3) is 0.400. The van der Waals surface area contributed by atoms with Gasteiger partial charge in [0.1, 0.15) is 0 Å². The molecule has 2 rings (SSSR count). The van der Waals surface area contributed by atoms with Crippen LogP contribution in [0.15, 0.2) is 18.2 Å². The molecule has 1 aliphatic rings. The maximum absolute atomic E-state index is 5.93. The van der Waals surface area contributed by atoms with Crippen LogP contribution in [0.4, 0.5) is 0 Å². The summed E-state index contributed by atoms with van der Waals surface area (Å²) >= 11 is 0. The van der Waals surface area contributed by atoms with Crippen molar-refractivity contribution in [1.82, 2.24) is 5.32 Å². The van der Waals surface area contributed by atoms with Crippen molar-refractivity contribution in [2.45, 2.75) is 19.5 Å². The summed E-state index contributed by atoms with van der Waals surface area (Å²) in [5, 5.41) is 3.29. The molecule has 0 amide bonds. The standard InChI is InChI=1S/C10H14N2/c1-7-2-3-9-8(4-7)5-12-6-10(9)11/h2-4,10,12H,5-6,11H2,1H3. The summed E-state index contributed by atoms with van der Waals surface area (Å²) in [5.74, 6) is 0. The van der Waals surface area contributed by atoms with Crippen LogP contribution in [-0.4, -0.2) is 6.54 Å². The fourth-order valence-corrected chi connectivity index (χ4v) is 1.72. The Morgan fingerprint density at radius 2 is 2.33 bits per heavy atom. The Morgan fingerprint density at radius 1 is 1.50 bits per heavy atom. The van der Waals surface area contributed by atoms with Crippen LogP contribution < -0.4 is 11.1 Å². The van der Waals surface area contributed by atoms with Crippen LogP contribution >= 0.6 is 0 Å². The third kappa shape index (κ3) is 1.24. The lowest BCUT2D eigenvalue weighted by molar-refractivity contribution is 0.555. The molecular formula is C10H14N2. The first kappa shape index (κ1) is 7.77. The minimum absolute atomic E-state index is 0.175. The topological polar surface area (TPSA) is 38.0 Å². The second-order valence-electron chi connectivity index (χ2n) is 3.44. The van der Waals surface area contributed by atoms with Gasteiger partial charge in [0.2, 0.25) is 0 Å². The highest BCUT2D eigenvalue weighted by Gasteiger charge is 2.15. The summed E-state index contributed by atoms with van der Waals surface area (Å²) in [5.41, 5.74) is 9.90. The van der Waals surface area contributed by atoms with Crippen LogP contribution in [0.3, 0.4) is 0 Å². The minimum atomic E-state index is 0.175. The number of hydrogen-bond donors (Lipinski definition) is 2. The van der Waals surface area contributed by atoms with E-state index in [0.717, 1.165) is 13.1 Å². The van der Waals surface area contributed by atoms with Crippen LogP contribution in [0.5, 0.6) is 0 Å². The van der Waals surface area contributed by atoms with Crippen molar-refractivity contribution < 1.29 is 0 Å². The first-order valence-electron chi connectivity index (χ1n) is 4.33. The highest BCUT2D eigenvalue weighted by molar-refractivity contribution is 5.35. The number of nitrogens with two attached hydrogens (primary N) is 1. The zero-order valence-corrected chi connectivity index (χ0v) is 7.30. The molecule has 1 atom stereocenters. The molecule has 1 aliphatic heterocycles. The summed E-state index contributed by atoms with van der Waals surface area (Å²) in [6, 6.07) is 6.66. The van der Waals surface area contributed by atoms with E-state index in [0.29, 0.717) is 0 Å². The maximum Gasteiger partial charge on any atom is 0.0425 e. The van der Waals surface area contributed by atoms with Crippen LogP contribution in [0, 0.1) is 6.92 Å². The number of fused-ring (bicyclic) bond motifs is 1. The molecule has 0 saturated heterocycles. The zero-order chi connectivity index (χ0) is 8.55. The van der Waals surface area contributed by atoms with Crippen molar-refractivity contribution in [1.29, 1.82) is 0 Å². The third-order valence-electron chi connectivity index (χ3n) is 2.38. The molecule has 0 bridgehead atoms. The molecule has 2 heteroatoms. The SMILES string of the molecule is Cc1ccc2c(c1)CNCC2N. The van der Waals surface area contributed by atoms with Gasteiger partial charge in [-0.3, -0.25) is 0 Å². The Labute approximate surface area is 72.8 Å². The minimum Gasteiger partial charge on any atom is -0.323 e. The largest absolute Gasteiger partial charge is 0.323 e. The quantitative estimate of drug-likeness (QED) is 0.599. The van der Waals surface area contributed by atoms with Gasteiger partial charge >= 0.3 is 0 Å². The highest BCUT2D eigenvalue weighted by Crippen LogP contribution is 2.20. The van der Waals surface area contributed by atoms with Crippen molar-refractivity contribution in [2.24, 2.45) is 5.73 Å². The van der Waals surface area contributed by atoms with E-state index in [1.54, 1.807) is 0 Å². The summed E-state index contributed by atoms with van der Waals surface area (Å²) in [6.45, 7) is 3.97. The van der Waals surface area contributed by atoms with E-state index in [2.05, 4.69) is 30.4 Å². The fourth-order valence-electron chi connectivity index (χ4n) is 1.72. The van der Waals surface area contributed by atoms with E-state index >= 15 is 0 Å². The molecule has 3 N–H and O–H groups in total. The lowest BCUT2D eigenvalue weighted by Crippen LogP contribution is -2.32. The first-order chi connectivity index (χ1) is 5.77. The molecule has 1 aromatic rings. The lowest BCUT2D eigenvalue weighted by Gasteiger charge is -2.23. The molecule has 1 heterocycles. The Hall–Kier alpha value is -0.860. The van der Waals surface area contributed by atoms with E-state index in [1.165, 1.54) is 16.7 Å². The van der Waals surface area contributed by atoms with Crippen molar-refractivity contribution in [3.8, 4) is 0 Å². The molecule has 0 fully saturated rings. The second kappa shape index (κ2) is 2.88. The molecule has 12 heavy (non-hydrogen) atoms. The summed E-state index contributed by atoms with van der Waals surface area (Å²) in [7, 11) is 0. The zero-order valence-electron chi connectivity index (χ0n) is 7.30. The molecule has 0 spiro atoms.